The van der Waals surface area contributed by atoms with E-state index < -0.39 is 5.97 Å². The van der Waals surface area contributed by atoms with Crippen molar-refractivity contribution < 1.29 is 14.6 Å². The normalized spacial score (nSPS) is 10.1. The largest absolute Gasteiger partial charge is 0.497 e. The van der Waals surface area contributed by atoms with Gasteiger partial charge in [-0.3, -0.25) is 0 Å². The van der Waals surface area contributed by atoms with Crippen LogP contribution in [0.15, 0.2) is 42.5 Å². The van der Waals surface area contributed by atoms with Gasteiger partial charge in [0, 0.05) is 5.69 Å². The molecule has 4 nitrogen and oxygen atoms in total. The van der Waals surface area contributed by atoms with E-state index >= 15 is 0 Å². The Kier molecular flexibility index (Phi) is 3.19. The Hall–Kier alpha value is -2.49. The van der Waals surface area contributed by atoms with Crippen LogP contribution < -0.4 is 10.5 Å². The second kappa shape index (κ2) is 4.79. The zero-order valence-electron chi connectivity index (χ0n) is 9.88. The van der Waals surface area contributed by atoms with Gasteiger partial charge >= 0.3 is 5.97 Å². The maximum Gasteiger partial charge on any atom is 0.337 e. The molecule has 2 rings (SSSR count). The van der Waals surface area contributed by atoms with E-state index in [0.717, 1.165) is 16.9 Å². The van der Waals surface area contributed by atoms with Gasteiger partial charge in [-0.15, -0.1) is 0 Å². The van der Waals surface area contributed by atoms with Crippen LogP contribution in [-0.4, -0.2) is 18.2 Å². The lowest BCUT2D eigenvalue weighted by molar-refractivity contribution is 0.0698. The van der Waals surface area contributed by atoms with Gasteiger partial charge in [-0.25, -0.2) is 4.79 Å². The molecule has 0 unspecified atom stereocenters. The summed E-state index contributed by atoms with van der Waals surface area (Å²) in [6.45, 7) is 0. The second-order valence-electron chi connectivity index (χ2n) is 3.84. The van der Waals surface area contributed by atoms with Crippen LogP contribution in [0.3, 0.4) is 0 Å². The Morgan fingerprint density at radius 3 is 2.28 bits per heavy atom. The van der Waals surface area contributed by atoms with Gasteiger partial charge < -0.3 is 15.6 Å². The lowest BCUT2D eigenvalue weighted by Crippen LogP contribution is -2.02. The van der Waals surface area contributed by atoms with Crippen molar-refractivity contribution in [3.8, 4) is 16.9 Å². The van der Waals surface area contributed by atoms with Crippen LogP contribution in [0.4, 0.5) is 5.69 Å². The minimum atomic E-state index is -1.03. The van der Waals surface area contributed by atoms with Crippen molar-refractivity contribution in [2.24, 2.45) is 0 Å². The number of ether oxygens (including phenoxy) is 1. The van der Waals surface area contributed by atoms with Crippen LogP contribution in [-0.2, 0) is 0 Å². The van der Waals surface area contributed by atoms with Crippen LogP contribution in [0.2, 0.25) is 0 Å². The minimum Gasteiger partial charge on any atom is -0.497 e. The van der Waals surface area contributed by atoms with Crippen LogP contribution in [0, 0.1) is 0 Å². The number of aromatic carboxylic acids is 1. The fraction of sp³-hybridized carbons (Fsp3) is 0.0714. The molecule has 0 aliphatic rings. The topological polar surface area (TPSA) is 72.5 Å². The standard InChI is InChI=1S/C14H13NO3/c1-18-11-5-2-9(3-6-11)10-4-7-13(15)12(8-10)14(16)17/h2-8H,15H2,1H3,(H,16,17). The summed E-state index contributed by atoms with van der Waals surface area (Å²) < 4.78 is 5.07. The van der Waals surface area contributed by atoms with Gasteiger partial charge in [-0.2, -0.15) is 0 Å². The number of hydrogen-bond acceptors (Lipinski definition) is 3. The molecule has 0 aromatic heterocycles. The summed E-state index contributed by atoms with van der Waals surface area (Å²) >= 11 is 0. The van der Waals surface area contributed by atoms with Crippen molar-refractivity contribution >= 4 is 11.7 Å². The third-order valence-electron chi connectivity index (χ3n) is 2.71. The monoisotopic (exact) mass is 243 g/mol. The fourth-order valence-corrected chi connectivity index (χ4v) is 1.70. The highest BCUT2D eigenvalue weighted by Gasteiger charge is 2.09. The van der Waals surface area contributed by atoms with Crippen molar-refractivity contribution in [2.75, 3.05) is 12.8 Å². The van der Waals surface area contributed by atoms with E-state index in [0.29, 0.717) is 0 Å². The molecule has 2 aromatic rings. The van der Waals surface area contributed by atoms with Gasteiger partial charge in [0.25, 0.3) is 0 Å². The molecular weight excluding hydrogens is 230 g/mol. The molecule has 0 saturated carbocycles. The van der Waals surface area contributed by atoms with E-state index in [1.165, 1.54) is 0 Å². The van der Waals surface area contributed by atoms with Crippen LogP contribution >= 0.6 is 0 Å². The van der Waals surface area contributed by atoms with Gasteiger partial charge in [0.05, 0.1) is 12.7 Å². The van der Waals surface area contributed by atoms with Crippen LogP contribution in [0.25, 0.3) is 11.1 Å². The van der Waals surface area contributed by atoms with Crippen molar-refractivity contribution in [1.29, 1.82) is 0 Å². The van der Waals surface area contributed by atoms with Crippen LogP contribution in [0.1, 0.15) is 10.4 Å². The number of nitrogens with two attached hydrogens (primary N) is 1. The number of benzene rings is 2. The minimum absolute atomic E-state index is 0.114. The zero-order chi connectivity index (χ0) is 13.1. The average Bonchev–Trinajstić information content (AvgIpc) is 2.39. The first-order valence-corrected chi connectivity index (χ1v) is 5.39. The third kappa shape index (κ3) is 2.27. The number of carbonyl (C=O) groups is 1. The predicted octanol–water partition coefficient (Wildman–Crippen LogP) is 2.64. The average molecular weight is 243 g/mol. The van der Waals surface area contributed by atoms with Gasteiger partial charge in [-0.05, 0) is 35.4 Å². The highest BCUT2D eigenvalue weighted by molar-refractivity contribution is 5.95. The number of carboxylic acids is 1. The molecule has 0 fully saturated rings. The number of nitrogen functional groups attached to an aromatic ring is 1. The number of anilines is 1. The second-order valence-corrected chi connectivity index (χ2v) is 3.84. The Balaban J connectivity index is 2.44. The molecule has 0 amide bonds. The molecule has 0 radical (unpaired) electrons. The first kappa shape index (κ1) is 12.0. The Morgan fingerprint density at radius 1 is 1.11 bits per heavy atom. The number of methoxy groups -OCH3 is 1. The quantitative estimate of drug-likeness (QED) is 0.813. The molecule has 0 aliphatic heterocycles. The van der Waals surface area contributed by atoms with Crippen LogP contribution in [0.5, 0.6) is 5.75 Å². The maximum atomic E-state index is 11.0. The van der Waals surface area contributed by atoms with E-state index in [4.69, 9.17) is 15.6 Å². The molecule has 4 heteroatoms. The summed E-state index contributed by atoms with van der Waals surface area (Å²) in [5.41, 5.74) is 7.72. The molecule has 18 heavy (non-hydrogen) atoms. The van der Waals surface area contributed by atoms with Crippen molar-refractivity contribution in [2.45, 2.75) is 0 Å². The highest BCUT2D eigenvalue weighted by Crippen LogP contribution is 2.25. The summed E-state index contributed by atoms with van der Waals surface area (Å²) in [6, 6.07) is 12.4. The Bertz CT molecular complexity index is 576. The first-order valence-electron chi connectivity index (χ1n) is 5.39. The van der Waals surface area contributed by atoms with E-state index in [1.807, 2.05) is 24.3 Å². The van der Waals surface area contributed by atoms with Crippen molar-refractivity contribution in [3.05, 3.63) is 48.0 Å². The highest BCUT2D eigenvalue weighted by atomic mass is 16.5. The van der Waals surface area contributed by atoms with E-state index in [-0.39, 0.29) is 11.3 Å². The first-order chi connectivity index (χ1) is 8.61. The number of hydrogen-bond donors (Lipinski definition) is 2. The van der Waals surface area contributed by atoms with E-state index in [9.17, 15) is 4.79 Å². The van der Waals surface area contributed by atoms with Gasteiger partial charge in [-0.1, -0.05) is 18.2 Å². The fourth-order valence-electron chi connectivity index (χ4n) is 1.70. The summed E-state index contributed by atoms with van der Waals surface area (Å²) in [5.74, 6) is -0.268. The Labute approximate surface area is 105 Å². The molecular formula is C14H13NO3. The summed E-state index contributed by atoms with van der Waals surface area (Å²) in [5, 5.41) is 9.02. The molecule has 0 spiro atoms. The molecule has 92 valence electrons. The zero-order valence-corrected chi connectivity index (χ0v) is 9.88. The van der Waals surface area contributed by atoms with Crippen molar-refractivity contribution in [3.63, 3.8) is 0 Å². The third-order valence-corrected chi connectivity index (χ3v) is 2.71. The molecule has 0 heterocycles. The number of rotatable bonds is 3. The number of carboxylic acid groups (broad SMARTS) is 1. The SMILES string of the molecule is COc1ccc(-c2ccc(N)c(C(=O)O)c2)cc1. The van der Waals surface area contributed by atoms with Gasteiger partial charge in [0.15, 0.2) is 0 Å². The molecule has 2 aromatic carbocycles. The summed E-state index contributed by atoms with van der Waals surface area (Å²) in [4.78, 5) is 11.0. The summed E-state index contributed by atoms with van der Waals surface area (Å²) in [6.07, 6.45) is 0. The predicted molar refractivity (Wildman–Crippen MR) is 69.8 cm³/mol. The molecule has 0 bridgehead atoms. The maximum absolute atomic E-state index is 11.0. The molecule has 0 saturated heterocycles. The molecule has 0 aliphatic carbocycles. The van der Waals surface area contributed by atoms with Gasteiger partial charge in [0.1, 0.15) is 5.75 Å². The summed E-state index contributed by atoms with van der Waals surface area (Å²) in [7, 11) is 1.60. The van der Waals surface area contributed by atoms with E-state index in [2.05, 4.69) is 0 Å². The van der Waals surface area contributed by atoms with Crippen molar-refractivity contribution in [1.82, 2.24) is 0 Å². The lowest BCUT2D eigenvalue weighted by Gasteiger charge is -2.06. The smallest absolute Gasteiger partial charge is 0.337 e. The van der Waals surface area contributed by atoms with E-state index in [1.54, 1.807) is 25.3 Å². The Morgan fingerprint density at radius 2 is 1.72 bits per heavy atom. The molecule has 3 N–H and O–H groups in total. The lowest BCUT2D eigenvalue weighted by atomic mass is 10.0. The molecule has 0 atom stereocenters. The van der Waals surface area contributed by atoms with Gasteiger partial charge in [0.2, 0.25) is 0 Å².